The number of fused-ring (bicyclic) bond motifs is 1. The molecule has 9 nitrogen and oxygen atoms in total. The fourth-order valence-electron chi connectivity index (χ4n) is 3.93. The lowest BCUT2D eigenvalue weighted by Gasteiger charge is -2.40. The van der Waals surface area contributed by atoms with Gasteiger partial charge in [-0.05, 0) is 55.3 Å². The van der Waals surface area contributed by atoms with E-state index in [2.05, 4.69) is 9.72 Å². The van der Waals surface area contributed by atoms with Crippen LogP contribution in [0.25, 0.3) is 0 Å². The van der Waals surface area contributed by atoms with E-state index in [4.69, 9.17) is 16.3 Å². The maximum absolute atomic E-state index is 13.5. The number of aliphatic hydroxyl groups is 2. The van der Waals surface area contributed by atoms with E-state index in [9.17, 15) is 28.2 Å². The van der Waals surface area contributed by atoms with Crippen molar-refractivity contribution in [1.82, 2.24) is 14.5 Å². The summed E-state index contributed by atoms with van der Waals surface area (Å²) in [4.78, 5) is 20.7. The Hall–Kier alpha value is -3.48. The Labute approximate surface area is 215 Å². The van der Waals surface area contributed by atoms with Crippen molar-refractivity contribution in [3.05, 3.63) is 64.8 Å². The van der Waals surface area contributed by atoms with E-state index in [1.54, 1.807) is 31.2 Å². The van der Waals surface area contributed by atoms with Gasteiger partial charge in [-0.3, -0.25) is 14.3 Å². The molecule has 3 aromatic rings. The molecule has 1 aromatic heterocycles. The van der Waals surface area contributed by atoms with E-state index in [1.807, 2.05) is 0 Å². The molecule has 0 spiro atoms. The molecule has 0 radical (unpaired) electrons. The van der Waals surface area contributed by atoms with Crippen molar-refractivity contribution in [2.45, 2.75) is 32.6 Å². The van der Waals surface area contributed by atoms with Gasteiger partial charge >= 0.3 is 12.4 Å². The maximum atomic E-state index is 13.5. The van der Waals surface area contributed by atoms with Crippen LogP contribution in [0, 0.1) is 0 Å². The van der Waals surface area contributed by atoms with Gasteiger partial charge in [-0.15, -0.1) is 13.2 Å². The number of nitrogens with zero attached hydrogens (tertiary/aromatic N) is 4. The minimum atomic E-state index is -4.83. The predicted molar refractivity (Wildman–Crippen MR) is 128 cm³/mol. The third-order valence-corrected chi connectivity index (χ3v) is 5.88. The number of alkyl halides is 3. The number of aliphatic hydroxyl groups excluding tert-OH is 2. The highest BCUT2D eigenvalue weighted by Crippen LogP contribution is 2.36. The van der Waals surface area contributed by atoms with E-state index in [0.717, 1.165) is 17.7 Å². The van der Waals surface area contributed by atoms with Crippen molar-refractivity contribution in [3.63, 3.8) is 0 Å². The number of carbonyl (C=O) groups is 1. The van der Waals surface area contributed by atoms with Crippen LogP contribution in [0.1, 0.15) is 29.4 Å². The molecule has 0 saturated carbocycles. The van der Waals surface area contributed by atoms with Gasteiger partial charge < -0.3 is 24.6 Å². The molecule has 0 bridgehead atoms. The number of imidazole rings is 1. The molecule has 1 aliphatic rings. The number of anilines is 1. The number of hydrogen-bond donors (Lipinski definition) is 2. The molecule has 4 rings (SSSR count). The van der Waals surface area contributed by atoms with E-state index < -0.39 is 24.4 Å². The second-order valence-corrected chi connectivity index (χ2v) is 8.55. The van der Waals surface area contributed by atoms with Gasteiger partial charge in [-0.2, -0.15) is 4.98 Å². The zero-order valence-corrected chi connectivity index (χ0v) is 20.4. The van der Waals surface area contributed by atoms with Crippen molar-refractivity contribution in [1.29, 1.82) is 0 Å². The lowest BCUT2D eigenvalue weighted by Crippen LogP contribution is -2.56. The number of halogens is 4. The largest absolute Gasteiger partial charge is 0.573 e. The van der Waals surface area contributed by atoms with Gasteiger partial charge in [0.1, 0.15) is 11.5 Å². The smallest absolute Gasteiger partial charge is 0.425 e. The Morgan fingerprint density at radius 1 is 1.05 bits per heavy atom. The number of carbonyl (C=O) groups excluding carboxylic acids is 1. The normalized spacial score (nSPS) is 15.6. The summed E-state index contributed by atoms with van der Waals surface area (Å²) < 4.78 is 48.8. The van der Waals surface area contributed by atoms with E-state index in [1.165, 1.54) is 26.5 Å². The number of hydrogen-bond acceptors (Lipinski definition) is 7. The van der Waals surface area contributed by atoms with Crippen molar-refractivity contribution in [2.24, 2.45) is 0 Å². The van der Waals surface area contributed by atoms with Gasteiger partial charge in [-0.1, -0.05) is 23.7 Å². The van der Waals surface area contributed by atoms with Crippen molar-refractivity contribution in [3.8, 4) is 17.5 Å². The first-order valence-corrected chi connectivity index (χ1v) is 11.7. The Morgan fingerprint density at radius 2 is 1.70 bits per heavy atom. The molecule has 37 heavy (non-hydrogen) atoms. The van der Waals surface area contributed by atoms with Gasteiger partial charge in [-0.25, -0.2) is 0 Å². The van der Waals surface area contributed by atoms with E-state index in [0.29, 0.717) is 11.6 Å². The van der Waals surface area contributed by atoms with Crippen molar-refractivity contribution in [2.75, 3.05) is 24.6 Å². The second-order valence-electron chi connectivity index (χ2n) is 8.11. The zero-order chi connectivity index (χ0) is 26.7. The van der Waals surface area contributed by atoms with Gasteiger partial charge in [0.25, 0.3) is 5.91 Å². The summed E-state index contributed by atoms with van der Waals surface area (Å²) in [6.45, 7) is 2.18. The lowest BCUT2D eigenvalue weighted by molar-refractivity contribution is -0.274. The first kappa shape index (κ1) is 26.6. The van der Waals surface area contributed by atoms with Crippen LogP contribution in [0.15, 0.2) is 48.5 Å². The van der Waals surface area contributed by atoms with Gasteiger partial charge in [0.05, 0.1) is 6.54 Å². The summed E-state index contributed by atoms with van der Waals surface area (Å²) in [6, 6.07) is 11.7. The molecule has 2 heterocycles. The second kappa shape index (κ2) is 10.9. The van der Waals surface area contributed by atoms with Crippen LogP contribution in [-0.4, -0.2) is 63.0 Å². The van der Waals surface area contributed by atoms with E-state index in [-0.39, 0.29) is 49.4 Å². The maximum Gasteiger partial charge on any atom is 0.573 e. The molecule has 2 N–H and O–H groups in total. The Bertz CT molecular complexity index is 1230. The molecule has 1 unspecified atom stereocenters. The average molecular weight is 541 g/mol. The molecular weight excluding hydrogens is 517 g/mol. The highest BCUT2D eigenvalue weighted by atomic mass is 35.5. The predicted octanol–water partition coefficient (Wildman–Crippen LogP) is 4.22. The molecule has 1 amide bonds. The van der Waals surface area contributed by atoms with Crippen LogP contribution in [0.2, 0.25) is 5.02 Å². The number of ether oxygens (including phenoxy) is 2. The molecule has 198 valence electrons. The molecule has 0 saturated heterocycles. The van der Waals surface area contributed by atoms with Crippen LogP contribution in [0.5, 0.6) is 17.5 Å². The van der Waals surface area contributed by atoms with Crippen LogP contribution >= 0.6 is 11.6 Å². The highest BCUT2D eigenvalue weighted by molar-refractivity contribution is 6.30. The zero-order valence-electron chi connectivity index (χ0n) is 19.7. The highest BCUT2D eigenvalue weighted by Gasteiger charge is 2.41. The summed E-state index contributed by atoms with van der Waals surface area (Å²) in [5.41, 5.74) is 0.930. The standard InChI is InChI=1S/C24H24ClF3N4O5/c1-2-30-20-19(21(34)31(23(30)35)12-3-13-33)32(14-15-4-6-16(25)7-5-15)22(29-20)36-17-8-10-18(11-9-17)37-24(26,27)28/h4-11,23,33,35H,2-3,12-14H2,1H3. The van der Waals surface area contributed by atoms with Gasteiger partial charge in [0.15, 0.2) is 11.5 Å². The molecule has 0 aliphatic carbocycles. The minimum absolute atomic E-state index is 0.00699. The van der Waals surface area contributed by atoms with Crippen LogP contribution in [0.3, 0.4) is 0 Å². The third kappa shape index (κ3) is 5.92. The number of rotatable bonds is 9. The third-order valence-electron chi connectivity index (χ3n) is 5.63. The monoisotopic (exact) mass is 540 g/mol. The molecule has 2 aromatic carbocycles. The fraction of sp³-hybridized carbons (Fsp3) is 0.333. The van der Waals surface area contributed by atoms with Crippen molar-refractivity contribution >= 4 is 23.3 Å². The minimum Gasteiger partial charge on any atom is -0.425 e. The first-order valence-electron chi connectivity index (χ1n) is 11.4. The van der Waals surface area contributed by atoms with Crippen molar-refractivity contribution < 1.29 is 37.7 Å². The van der Waals surface area contributed by atoms with Crippen LogP contribution < -0.4 is 14.4 Å². The topological polar surface area (TPSA) is 100 Å². The number of benzene rings is 2. The SMILES string of the molecule is CCN1c2nc(Oc3ccc(OC(F)(F)F)cc3)n(Cc3ccc(Cl)cc3)c2C(=O)N(CCCO)C1O. The number of amides is 1. The summed E-state index contributed by atoms with van der Waals surface area (Å²) in [6.07, 6.45) is -5.87. The molecule has 13 heteroatoms. The van der Waals surface area contributed by atoms with Gasteiger partial charge in [0.2, 0.25) is 6.35 Å². The Morgan fingerprint density at radius 3 is 2.30 bits per heavy atom. The first-order chi connectivity index (χ1) is 17.6. The Kier molecular flexibility index (Phi) is 7.81. The quantitative estimate of drug-likeness (QED) is 0.419. The lowest BCUT2D eigenvalue weighted by atomic mass is 10.2. The average Bonchev–Trinajstić information content (AvgIpc) is 3.18. The van der Waals surface area contributed by atoms with Gasteiger partial charge in [0, 0.05) is 24.7 Å². The van der Waals surface area contributed by atoms with Crippen LogP contribution in [0.4, 0.5) is 19.0 Å². The molecule has 1 aliphatic heterocycles. The summed E-state index contributed by atoms with van der Waals surface area (Å²) in [7, 11) is 0. The molecular formula is C24H24ClF3N4O5. The summed E-state index contributed by atoms with van der Waals surface area (Å²) >= 11 is 6.00. The van der Waals surface area contributed by atoms with Crippen LogP contribution in [-0.2, 0) is 6.54 Å². The number of aromatic nitrogens is 2. The summed E-state index contributed by atoms with van der Waals surface area (Å²) in [5.74, 6) is -0.576. The molecule has 1 atom stereocenters. The van der Waals surface area contributed by atoms with E-state index >= 15 is 0 Å². The molecule has 0 fully saturated rings. The summed E-state index contributed by atoms with van der Waals surface area (Å²) in [5, 5.41) is 20.6. The fourth-order valence-corrected chi connectivity index (χ4v) is 4.06. The Balaban J connectivity index is 1.75.